The predicted molar refractivity (Wildman–Crippen MR) is 78.0 cm³/mol. The SMILES string of the molecule is CCCNCC(C)(C)CN1CCC(OCC)CC1. The number of rotatable bonds is 8. The van der Waals surface area contributed by atoms with Gasteiger partial charge in [-0.1, -0.05) is 20.8 Å². The molecule has 1 N–H and O–H groups in total. The molecule has 108 valence electrons. The van der Waals surface area contributed by atoms with Gasteiger partial charge in [0, 0.05) is 32.8 Å². The van der Waals surface area contributed by atoms with Crippen molar-refractivity contribution in [1.82, 2.24) is 10.2 Å². The van der Waals surface area contributed by atoms with E-state index in [2.05, 4.69) is 37.9 Å². The molecule has 0 bridgehead atoms. The van der Waals surface area contributed by atoms with E-state index in [-0.39, 0.29) is 0 Å². The summed E-state index contributed by atoms with van der Waals surface area (Å²) in [5.41, 5.74) is 0.369. The second-order valence-electron chi connectivity index (χ2n) is 6.27. The van der Waals surface area contributed by atoms with Gasteiger partial charge >= 0.3 is 0 Å². The Balaban J connectivity index is 2.22. The summed E-state index contributed by atoms with van der Waals surface area (Å²) in [5.74, 6) is 0. The Kier molecular flexibility index (Phi) is 7.20. The minimum atomic E-state index is 0.369. The van der Waals surface area contributed by atoms with Crippen LogP contribution in [0.5, 0.6) is 0 Å². The van der Waals surface area contributed by atoms with Gasteiger partial charge in [-0.2, -0.15) is 0 Å². The summed E-state index contributed by atoms with van der Waals surface area (Å²) in [6, 6.07) is 0. The predicted octanol–water partition coefficient (Wildman–Crippen LogP) is 2.51. The third-order valence-corrected chi connectivity index (χ3v) is 3.62. The lowest BCUT2D eigenvalue weighted by molar-refractivity contribution is 0.00658. The molecule has 1 heterocycles. The van der Waals surface area contributed by atoms with Crippen LogP contribution in [-0.4, -0.2) is 50.3 Å². The molecular formula is C15H32N2O. The first-order chi connectivity index (χ1) is 8.57. The van der Waals surface area contributed by atoms with E-state index in [1.165, 1.54) is 38.9 Å². The van der Waals surface area contributed by atoms with Gasteiger partial charge in [-0.3, -0.25) is 0 Å². The summed E-state index contributed by atoms with van der Waals surface area (Å²) in [4.78, 5) is 2.60. The average Bonchev–Trinajstić information content (AvgIpc) is 2.32. The maximum absolute atomic E-state index is 5.70. The minimum Gasteiger partial charge on any atom is -0.378 e. The topological polar surface area (TPSA) is 24.5 Å². The standard InChI is InChI=1S/C15H32N2O/c1-5-9-16-12-15(3,4)13-17-10-7-14(8-11-17)18-6-2/h14,16H,5-13H2,1-4H3. The summed E-state index contributed by atoms with van der Waals surface area (Å²) in [7, 11) is 0. The lowest BCUT2D eigenvalue weighted by Gasteiger charge is -2.37. The van der Waals surface area contributed by atoms with E-state index in [0.717, 1.165) is 19.7 Å². The van der Waals surface area contributed by atoms with Crippen LogP contribution >= 0.6 is 0 Å². The van der Waals surface area contributed by atoms with Crippen LogP contribution in [0.25, 0.3) is 0 Å². The molecule has 1 rings (SSSR count). The van der Waals surface area contributed by atoms with Crippen molar-refractivity contribution in [3.05, 3.63) is 0 Å². The summed E-state index contributed by atoms with van der Waals surface area (Å²) >= 11 is 0. The van der Waals surface area contributed by atoms with Crippen LogP contribution in [0.2, 0.25) is 0 Å². The van der Waals surface area contributed by atoms with Crippen molar-refractivity contribution in [2.24, 2.45) is 5.41 Å². The van der Waals surface area contributed by atoms with E-state index in [9.17, 15) is 0 Å². The van der Waals surface area contributed by atoms with Gasteiger partial charge in [-0.15, -0.1) is 0 Å². The van der Waals surface area contributed by atoms with Gasteiger partial charge in [0.2, 0.25) is 0 Å². The van der Waals surface area contributed by atoms with Crippen molar-refractivity contribution >= 4 is 0 Å². The molecule has 0 aromatic rings. The molecule has 0 aliphatic carbocycles. The number of piperidine rings is 1. The van der Waals surface area contributed by atoms with Gasteiger partial charge in [0.15, 0.2) is 0 Å². The van der Waals surface area contributed by atoms with E-state index in [0.29, 0.717) is 11.5 Å². The fraction of sp³-hybridized carbons (Fsp3) is 1.00. The van der Waals surface area contributed by atoms with Gasteiger partial charge in [-0.05, 0) is 38.1 Å². The molecule has 0 atom stereocenters. The fourth-order valence-electron chi connectivity index (χ4n) is 2.73. The van der Waals surface area contributed by atoms with Gasteiger partial charge in [0.25, 0.3) is 0 Å². The Morgan fingerprint density at radius 1 is 1.22 bits per heavy atom. The first-order valence-electron chi connectivity index (χ1n) is 7.62. The number of likely N-dealkylation sites (tertiary alicyclic amines) is 1. The third kappa shape index (κ3) is 6.17. The number of hydrogen-bond donors (Lipinski definition) is 1. The lowest BCUT2D eigenvalue weighted by atomic mass is 9.91. The van der Waals surface area contributed by atoms with Crippen molar-refractivity contribution in [1.29, 1.82) is 0 Å². The largest absolute Gasteiger partial charge is 0.378 e. The molecule has 0 aromatic heterocycles. The Morgan fingerprint density at radius 3 is 2.44 bits per heavy atom. The molecule has 0 amide bonds. The Morgan fingerprint density at radius 2 is 1.89 bits per heavy atom. The third-order valence-electron chi connectivity index (χ3n) is 3.62. The molecule has 0 spiro atoms. The molecule has 1 aliphatic rings. The van der Waals surface area contributed by atoms with Gasteiger partial charge in [0.1, 0.15) is 0 Å². The molecular weight excluding hydrogens is 224 g/mol. The van der Waals surface area contributed by atoms with E-state index < -0.39 is 0 Å². The zero-order valence-corrected chi connectivity index (χ0v) is 12.8. The van der Waals surface area contributed by atoms with Crippen molar-refractivity contribution in [3.63, 3.8) is 0 Å². The van der Waals surface area contributed by atoms with Crippen LogP contribution < -0.4 is 5.32 Å². The van der Waals surface area contributed by atoms with Crippen molar-refractivity contribution in [2.75, 3.05) is 39.3 Å². The molecule has 0 aromatic carbocycles. The van der Waals surface area contributed by atoms with Crippen LogP contribution in [0.1, 0.15) is 47.0 Å². The van der Waals surface area contributed by atoms with Crippen molar-refractivity contribution in [2.45, 2.75) is 53.1 Å². The smallest absolute Gasteiger partial charge is 0.0599 e. The van der Waals surface area contributed by atoms with Crippen molar-refractivity contribution in [3.8, 4) is 0 Å². The maximum Gasteiger partial charge on any atom is 0.0599 e. The summed E-state index contributed by atoms with van der Waals surface area (Å²) in [6.45, 7) is 15.7. The average molecular weight is 256 g/mol. The highest BCUT2D eigenvalue weighted by Crippen LogP contribution is 2.20. The Labute approximate surface area is 113 Å². The van der Waals surface area contributed by atoms with Crippen LogP contribution in [0.4, 0.5) is 0 Å². The van der Waals surface area contributed by atoms with Crippen LogP contribution in [0, 0.1) is 5.41 Å². The minimum absolute atomic E-state index is 0.369. The molecule has 18 heavy (non-hydrogen) atoms. The zero-order valence-electron chi connectivity index (χ0n) is 12.8. The second kappa shape index (κ2) is 8.13. The second-order valence-corrected chi connectivity index (χ2v) is 6.27. The fourth-order valence-corrected chi connectivity index (χ4v) is 2.73. The summed E-state index contributed by atoms with van der Waals surface area (Å²) in [5, 5.41) is 3.54. The van der Waals surface area contributed by atoms with Gasteiger partial charge < -0.3 is 15.0 Å². The molecule has 0 radical (unpaired) electrons. The van der Waals surface area contributed by atoms with E-state index in [1.807, 2.05) is 0 Å². The van der Waals surface area contributed by atoms with Gasteiger partial charge in [-0.25, -0.2) is 0 Å². The highest BCUT2D eigenvalue weighted by Gasteiger charge is 2.25. The summed E-state index contributed by atoms with van der Waals surface area (Å²) in [6.07, 6.45) is 4.13. The number of hydrogen-bond acceptors (Lipinski definition) is 3. The lowest BCUT2D eigenvalue weighted by Crippen LogP contribution is -2.45. The maximum atomic E-state index is 5.70. The number of nitrogens with zero attached hydrogens (tertiary/aromatic N) is 1. The zero-order chi connectivity index (χ0) is 13.4. The molecule has 1 saturated heterocycles. The molecule has 1 aliphatic heterocycles. The molecule has 0 unspecified atom stereocenters. The molecule has 1 fully saturated rings. The highest BCUT2D eigenvalue weighted by molar-refractivity contribution is 4.80. The molecule has 3 heteroatoms. The summed E-state index contributed by atoms with van der Waals surface area (Å²) < 4.78 is 5.70. The first kappa shape index (κ1) is 15.9. The Hall–Kier alpha value is -0.120. The van der Waals surface area contributed by atoms with E-state index >= 15 is 0 Å². The molecule has 3 nitrogen and oxygen atoms in total. The van der Waals surface area contributed by atoms with Crippen LogP contribution in [-0.2, 0) is 4.74 Å². The van der Waals surface area contributed by atoms with Crippen molar-refractivity contribution < 1.29 is 4.74 Å². The van der Waals surface area contributed by atoms with Gasteiger partial charge in [0.05, 0.1) is 6.10 Å². The normalized spacial score (nSPS) is 19.3. The number of ether oxygens (including phenoxy) is 1. The van der Waals surface area contributed by atoms with Crippen LogP contribution in [0.15, 0.2) is 0 Å². The first-order valence-corrected chi connectivity index (χ1v) is 7.62. The van der Waals surface area contributed by atoms with Crippen LogP contribution in [0.3, 0.4) is 0 Å². The number of nitrogens with one attached hydrogen (secondary N) is 1. The van der Waals surface area contributed by atoms with E-state index in [1.54, 1.807) is 0 Å². The highest BCUT2D eigenvalue weighted by atomic mass is 16.5. The monoisotopic (exact) mass is 256 g/mol. The molecule has 0 saturated carbocycles. The van der Waals surface area contributed by atoms with E-state index in [4.69, 9.17) is 4.74 Å². The Bertz CT molecular complexity index is 211. The quantitative estimate of drug-likeness (QED) is 0.675.